The molecule has 0 radical (unpaired) electrons. The Bertz CT molecular complexity index is 1060. The summed E-state index contributed by atoms with van der Waals surface area (Å²) in [6.45, 7) is 3.20. The summed E-state index contributed by atoms with van der Waals surface area (Å²) in [5.74, 6) is 0.0391. The largest absolute Gasteiger partial charge is 0.354 e. The number of rotatable bonds is 4. The van der Waals surface area contributed by atoms with E-state index in [1.165, 1.54) is 0 Å². The van der Waals surface area contributed by atoms with Crippen LogP contribution in [0.1, 0.15) is 51.1 Å². The quantitative estimate of drug-likeness (QED) is 0.702. The molecule has 0 unspecified atom stereocenters. The third-order valence-electron chi connectivity index (χ3n) is 5.54. The molecule has 0 bridgehead atoms. The fourth-order valence-electron chi connectivity index (χ4n) is 3.69. The highest BCUT2D eigenvalue weighted by molar-refractivity contribution is 5.92. The average molecular weight is 416 g/mol. The number of aryl methyl sites for hydroxylation is 1. The van der Waals surface area contributed by atoms with E-state index in [9.17, 15) is 9.59 Å². The Morgan fingerprint density at radius 1 is 0.871 bits per heavy atom. The number of carbonyl (C=O) groups is 2. The highest BCUT2D eigenvalue weighted by Crippen LogP contribution is 2.28. The van der Waals surface area contributed by atoms with E-state index in [4.69, 9.17) is 0 Å². The van der Waals surface area contributed by atoms with Gasteiger partial charge in [-0.1, -0.05) is 12.1 Å². The lowest BCUT2D eigenvalue weighted by molar-refractivity contribution is 0.0705. The summed E-state index contributed by atoms with van der Waals surface area (Å²) < 4.78 is 0. The lowest BCUT2D eigenvalue weighted by atomic mass is 9.92. The van der Waals surface area contributed by atoms with Gasteiger partial charge in [-0.25, -0.2) is 4.98 Å². The smallest absolute Gasteiger partial charge is 0.274 e. The zero-order valence-electron chi connectivity index (χ0n) is 17.6. The molecular formula is C23H24N6O2. The summed E-state index contributed by atoms with van der Waals surface area (Å²) in [6, 6.07) is 7.63. The van der Waals surface area contributed by atoms with E-state index < -0.39 is 0 Å². The zero-order valence-corrected chi connectivity index (χ0v) is 17.6. The topological polar surface area (TPSA) is 101 Å². The van der Waals surface area contributed by atoms with E-state index in [0.717, 1.165) is 35.4 Å². The minimum Gasteiger partial charge on any atom is -0.354 e. The van der Waals surface area contributed by atoms with Gasteiger partial charge in [-0.2, -0.15) is 0 Å². The molecule has 1 N–H and O–H groups in total. The number of likely N-dealkylation sites (tertiary alicyclic amines) is 1. The minimum atomic E-state index is -0.209. The zero-order chi connectivity index (χ0) is 21.8. The number of piperidine rings is 1. The monoisotopic (exact) mass is 416 g/mol. The molecule has 31 heavy (non-hydrogen) atoms. The van der Waals surface area contributed by atoms with E-state index in [2.05, 4.69) is 25.3 Å². The number of amides is 2. The normalized spacial score (nSPS) is 14.3. The third kappa shape index (κ3) is 4.58. The summed E-state index contributed by atoms with van der Waals surface area (Å²) in [5, 5.41) is 2.56. The molecule has 4 heterocycles. The minimum absolute atomic E-state index is 0.0676. The lowest BCUT2D eigenvalue weighted by Gasteiger charge is -2.31. The van der Waals surface area contributed by atoms with Gasteiger partial charge in [0.25, 0.3) is 11.8 Å². The number of hydrogen-bond donors (Lipinski definition) is 1. The van der Waals surface area contributed by atoms with Gasteiger partial charge in [0.05, 0.1) is 11.9 Å². The fraction of sp³-hybridized carbons (Fsp3) is 0.304. The summed E-state index contributed by atoms with van der Waals surface area (Å²) in [6.07, 6.45) is 8.40. The van der Waals surface area contributed by atoms with Gasteiger partial charge in [-0.3, -0.25) is 24.5 Å². The Morgan fingerprint density at radius 2 is 1.55 bits per heavy atom. The Balaban J connectivity index is 1.37. The molecule has 4 rings (SSSR count). The van der Waals surface area contributed by atoms with E-state index in [1.54, 1.807) is 31.7 Å². The van der Waals surface area contributed by atoms with Crippen LogP contribution in [0.4, 0.5) is 0 Å². The fourth-order valence-corrected chi connectivity index (χ4v) is 3.69. The first-order valence-electron chi connectivity index (χ1n) is 10.3. The Hall–Kier alpha value is -3.68. The molecule has 2 amide bonds. The van der Waals surface area contributed by atoms with Crippen molar-refractivity contribution in [2.24, 2.45) is 0 Å². The lowest BCUT2D eigenvalue weighted by Crippen LogP contribution is -2.38. The van der Waals surface area contributed by atoms with Gasteiger partial charge < -0.3 is 10.2 Å². The van der Waals surface area contributed by atoms with Crippen LogP contribution < -0.4 is 5.32 Å². The predicted octanol–water partition coefficient (Wildman–Crippen LogP) is 2.62. The SMILES string of the molecule is CNC(=O)c1ccc(-c2ccc(C3CCN(C(=O)c4cnc(C)cn4)CC3)nc2)cn1. The van der Waals surface area contributed by atoms with Crippen LogP contribution in [0.15, 0.2) is 49.1 Å². The van der Waals surface area contributed by atoms with Crippen LogP contribution >= 0.6 is 0 Å². The number of nitrogens with one attached hydrogen (secondary N) is 1. The molecule has 8 heteroatoms. The molecule has 1 saturated heterocycles. The first kappa shape index (κ1) is 20.6. The molecule has 1 fully saturated rings. The van der Waals surface area contributed by atoms with Crippen LogP contribution in [0.25, 0.3) is 11.1 Å². The van der Waals surface area contributed by atoms with E-state index in [1.807, 2.05) is 36.2 Å². The van der Waals surface area contributed by atoms with Crippen LogP contribution in [0, 0.1) is 6.92 Å². The van der Waals surface area contributed by atoms with Crippen LogP contribution in [-0.2, 0) is 0 Å². The van der Waals surface area contributed by atoms with Crippen LogP contribution in [-0.4, -0.2) is 56.8 Å². The molecule has 8 nitrogen and oxygen atoms in total. The molecule has 0 saturated carbocycles. The van der Waals surface area contributed by atoms with Gasteiger partial charge in [0.15, 0.2) is 0 Å². The number of aromatic nitrogens is 4. The average Bonchev–Trinajstić information content (AvgIpc) is 2.84. The van der Waals surface area contributed by atoms with Crippen LogP contribution in [0.2, 0.25) is 0 Å². The van der Waals surface area contributed by atoms with Crippen molar-refractivity contribution < 1.29 is 9.59 Å². The molecule has 0 spiro atoms. The highest BCUT2D eigenvalue weighted by atomic mass is 16.2. The van der Waals surface area contributed by atoms with Crippen molar-refractivity contribution >= 4 is 11.8 Å². The first-order chi connectivity index (χ1) is 15.0. The molecule has 0 atom stereocenters. The Labute approximate surface area is 180 Å². The molecule has 3 aromatic rings. The Kier molecular flexibility index (Phi) is 5.97. The maximum atomic E-state index is 12.6. The molecule has 158 valence electrons. The van der Waals surface area contributed by atoms with Crippen molar-refractivity contribution in [2.75, 3.05) is 20.1 Å². The summed E-state index contributed by atoms with van der Waals surface area (Å²) in [5.41, 5.74) is 4.46. The maximum absolute atomic E-state index is 12.6. The van der Waals surface area contributed by atoms with Gasteiger partial charge in [0, 0.05) is 61.5 Å². The van der Waals surface area contributed by atoms with Crippen molar-refractivity contribution in [2.45, 2.75) is 25.7 Å². The van der Waals surface area contributed by atoms with Crippen molar-refractivity contribution in [3.8, 4) is 11.1 Å². The van der Waals surface area contributed by atoms with Crippen LogP contribution in [0.5, 0.6) is 0 Å². The molecule has 3 aromatic heterocycles. The predicted molar refractivity (Wildman–Crippen MR) is 116 cm³/mol. The molecular weight excluding hydrogens is 392 g/mol. The number of hydrogen-bond acceptors (Lipinski definition) is 6. The molecule has 1 aliphatic rings. The second kappa shape index (κ2) is 8.99. The van der Waals surface area contributed by atoms with Crippen molar-refractivity contribution in [3.05, 3.63) is 71.8 Å². The van der Waals surface area contributed by atoms with Crippen LogP contribution in [0.3, 0.4) is 0 Å². The van der Waals surface area contributed by atoms with Crippen molar-refractivity contribution in [1.82, 2.24) is 30.2 Å². The van der Waals surface area contributed by atoms with E-state index in [-0.39, 0.29) is 11.8 Å². The Morgan fingerprint density at radius 3 is 2.10 bits per heavy atom. The van der Waals surface area contributed by atoms with Crippen molar-refractivity contribution in [3.63, 3.8) is 0 Å². The second-order valence-electron chi connectivity index (χ2n) is 7.59. The van der Waals surface area contributed by atoms with E-state index >= 15 is 0 Å². The standard InChI is InChI=1S/C23H24N6O2/c1-15-11-26-21(14-25-15)23(31)29-9-7-16(8-10-29)19-5-3-17(12-27-19)18-4-6-20(28-13-18)22(30)24-2/h3-6,11-14,16H,7-10H2,1-2H3,(H,24,30). The third-order valence-corrected chi connectivity index (χ3v) is 5.54. The maximum Gasteiger partial charge on any atom is 0.274 e. The number of nitrogens with zero attached hydrogens (tertiary/aromatic N) is 5. The number of pyridine rings is 2. The van der Waals surface area contributed by atoms with Gasteiger partial charge in [-0.15, -0.1) is 0 Å². The molecule has 0 aromatic carbocycles. The number of carbonyl (C=O) groups excluding carboxylic acids is 2. The first-order valence-corrected chi connectivity index (χ1v) is 10.3. The van der Waals surface area contributed by atoms with Crippen molar-refractivity contribution in [1.29, 1.82) is 0 Å². The van der Waals surface area contributed by atoms with Gasteiger partial charge >= 0.3 is 0 Å². The highest BCUT2D eigenvalue weighted by Gasteiger charge is 2.26. The molecule has 1 aliphatic heterocycles. The van der Waals surface area contributed by atoms with Gasteiger partial charge in [-0.05, 0) is 31.9 Å². The molecule has 0 aliphatic carbocycles. The second-order valence-corrected chi connectivity index (χ2v) is 7.59. The summed E-state index contributed by atoms with van der Waals surface area (Å²) in [4.78, 5) is 43.3. The summed E-state index contributed by atoms with van der Waals surface area (Å²) in [7, 11) is 1.58. The van der Waals surface area contributed by atoms with Gasteiger partial charge in [0.2, 0.25) is 0 Å². The van der Waals surface area contributed by atoms with E-state index in [0.29, 0.717) is 30.4 Å². The van der Waals surface area contributed by atoms with Gasteiger partial charge in [0.1, 0.15) is 11.4 Å². The summed E-state index contributed by atoms with van der Waals surface area (Å²) >= 11 is 0.